The van der Waals surface area contributed by atoms with Gasteiger partial charge in [-0.05, 0) is 26.2 Å². The summed E-state index contributed by atoms with van der Waals surface area (Å²) >= 11 is 0. The van der Waals surface area contributed by atoms with Gasteiger partial charge in [0.15, 0.2) is 0 Å². The Morgan fingerprint density at radius 1 is 1.57 bits per heavy atom. The van der Waals surface area contributed by atoms with Gasteiger partial charge >= 0.3 is 6.09 Å². The number of hydrogen-bond acceptors (Lipinski definition) is 3. The summed E-state index contributed by atoms with van der Waals surface area (Å²) < 4.78 is 4.93. The van der Waals surface area contributed by atoms with Gasteiger partial charge in [-0.25, -0.2) is 4.79 Å². The van der Waals surface area contributed by atoms with Gasteiger partial charge in [-0.1, -0.05) is 0 Å². The van der Waals surface area contributed by atoms with Crippen LogP contribution < -0.4 is 0 Å². The smallest absolute Gasteiger partial charge is 0.410 e. The van der Waals surface area contributed by atoms with Gasteiger partial charge in [-0.3, -0.25) is 0 Å². The number of carbonyl (C=O) groups is 2. The molecule has 0 aromatic carbocycles. The Balaban J connectivity index is 2.52. The largest absolute Gasteiger partial charge is 0.450 e. The third kappa shape index (κ3) is 2.72. The summed E-state index contributed by atoms with van der Waals surface area (Å²) in [6.45, 7) is 2.90. The van der Waals surface area contributed by atoms with Crippen molar-refractivity contribution >= 4 is 12.4 Å². The summed E-state index contributed by atoms with van der Waals surface area (Å²) in [6, 6.07) is 0.0558. The van der Waals surface area contributed by atoms with Gasteiger partial charge in [0.1, 0.15) is 6.29 Å². The molecule has 1 rings (SSSR count). The van der Waals surface area contributed by atoms with Gasteiger partial charge in [0.2, 0.25) is 0 Å². The van der Waals surface area contributed by atoms with Gasteiger partial charge in [0.25, 0.3) is 0 Å². The van der Waals surface area contributed by atoms with Crippen LogP contribution in [0.5, 0.6) is 0 Å². The van der Waals surface area contributed by atoms with E-state index >= 15 is 0 Å². The summed E-state index contributed by atoms with van der Waals surface area (Å²) in [5, 5.41) is 0. The molecule has 0 aliphatic carbocycles. The lowest BCUT2D eigenvalue weighted by Crippen LogP contribution is -2.44. The second-order valence-electron chi connectivity index (χ2n) is 3.44. The highest BCUT2D eigenvalue weighted by molar-refractivity contribution is 5.68. The fraction of sp³-hybridized carbons (Fsp3) is 0.800. The molecule has 0 aromatic rings. The topological polar surface area (TPSA) is 46.6 Å². The minimum atomic E-state index is -0.279. The summed E-state index contributed by atoms with van der Waals surface area (Å²) in [4.78, 5) is 23.6. The molecular formula is C10H17NO3. The van der Waals surface area contributed by atoms with Crippen molar-refractivity contribution in [3.8, 4) is 0 Å². The molecule has 80 valence electrons. The van der Waals surface area contributed by atoms with Crippen LogP contribution in [0.3, 0.4) is 0 Å². The number of ether oxygens (including phenoxy) is 1. The molecule has 1 aliphatic rings. The zero-order valence-corrected chi connectivity index (χ0v) is 8.57. The van der Waals surface area contributed by atoms with E-state index in [2.05, 4.69) is 0 Å². The van der Waals surface area contributed by atoms with Crippen molar-refractivity contribution in [3.63, 3.8) is 0 Å². The summed E-state index contributed by atoms with van der Waals surface area (Å²) in [5.74, 6) is 0. The molecule has 4 heteroatoms. The van der Waals surface area contributed by atoms with Crippen molar-refractivity contribution in [2.24, 2.45) is 0 Å². The second-order valence-corrected chi connectivity index (χ2v) is 3.44. The average Bonchev–Trinajstić information content (AvgIpc) is 2.19. The molecule has 1 amide bonds. The fourth-order valence-corrected chi connectivity index (χ4v) is 1.80. The maximum absolute atomic E-state index is 11.5. The molecule has 0 aromatic heterocycles. The van der Waals surface area contributed by atoms with Crippen LogP contribution in [0.25, 0.3) is 0 Å². The Labute approximate surface area is 84.2 Å². The fourth-order valence-electron chi connectivity index (χ4n) is 1.80. The third-order valence-electron chi connectivity index (χ3n) is 2.50. The van der Waals surface area contributed by atoms with Crippen LogP contribution in [-0.2, 0) is 9.53 Å². The Bertz CT molecular complexity index is 206. The molecule has 0 saturated carbocycles. The van der Waals surface area contributed by atoms with E-state index < -0.39 is 0 Å². The minimum absolute atomic E-state index is 0.0558. The van der Waals surface area contributed by atoms with E-state index in [1.165, 1.54) is 0 Å². The van der Waals surface area contributed by atoms with Crippen LogP contribution in [0.4, 0.5) is 4.79 Å². The Hall–Kier alpha value is -1.06. The van der Waals surface area contributed by atoms with Crippen molar-refractivity contribution in [3.05, 3.63) is 0 Å². The maximum Gasteiger partial charge on any atom is 0.410 e. The first-order valence-corrected chi connectivity index (χ1v) is 5.16. The zero-order chi connectivity index (χ0) is 10.4. The van der Waals surface area contributed by atoms with E-state index in [9.17, 15) is 9.59 Å². The van der Waals surface area contributed by atoms with Crippen molar-refractivity contribution < 1.29 is 14.3 Å². The van der Waals surface area contributed by atoms with Crippen molar-refractivity contribution in [1.29, 1.82) is 0 Å². The minimum Gasteiger partial charge on any atom is -0.450 e. The van der Waals surface area contributed by atoms with Crippen molar-refractivity contribution in [2.45, 2.75) is 38.6 Å². The Morgan fingerprint density at radius 3 is 3.00 bits per heavy atom. The predicted octanol–water partition coefficient (Wildman–Crippen LogP) is 1.59. The highest BCUT2D eigenvalue weighted by atomic mass is 16.6. The molecule has 4 nitrogen and oxygen atoms in total. The number of hydrogen-bond donors (Lipinski definition) is 0. The highest BCUT2D eigenvalue weighted by Crippen LogP contribution is 2.19. The molecule has 0 bridgehead atoms. The monoisotopic (exact) mass is 199 g/mol. The maximum atomic E-state index is 11.5. The van der Waals surface area contributed by atoms with E-state index in [0.29, 0.717) is 13.0 Å². The summed E-state index contributed by atoms with van der Waals surface area (Å²) in [7, 11) is 0. The van der Waals surface area contributed by atoms with Crippen LogP contribution in [0.1, 0.15) is 32.6 Å². The first-order chi connectivity index (χ1) is 6.79. The quantitative estimate of drug-likeness (QED) is 0.648. The van der Waals surface area contributed by atoms with Gasteiger partial charge < -0.3 is 14.4 Å². The standard InChI is InChI=1S/C10H17NO3/c1-2-14-10(13)11-7-4-3-5-9(11)6-8-12/h8-9H,2-7H2,1H3. The number of piperidine rings is 1. The molecular weight excluding hydrogens is 182 g/mol. The summed E-state index contributed by atoms with van der Waals surface area (Å²) in [6.07, 6.45) is 4.04. The molecule has 0 N–H and O–H groups in total. The molecule has 0 spiro atoms. The lowest BCUT2D eigenvalue weighted by Gasteiger charge is -2.33. The van der Waals surface area contributed by atoms with Crippen LogP contribution in [-0.4, -0.2) is 36.5 Å². The molecule has 1 fully saturated rings. The molecule has 1 saturated heterocycles. The number of carbonyl (C=O) groups excluding carboxylic acids is 2. The van der Waals surface area contributed by atoms with Crippen LogP contribution in [0.15, 0.2) is 0 Å². The first-order valence-electron chi connectivity index (χ1n) is 5.16. The van der Waals surface area contributed by atoms with Gasteiger partial charge in [0.05, 0.1) is 6.61 Å². The van der Waals surface area contributed by atoms with Crippen LogP contribution in [0.2, 0.25) is 0 Å². The summed E-state index contributed by atoms with van der Waals surface area (Å²) in [5.41, 5.74) is 0. The zero-order valence-electron chi connectivity index (χ0n) is 8.57. The first kappa shape index (κ1) is 11.0. The Morgan fingerprint density at radius 2 is 2.36 bits per heavy atom. The SMILES string of the molecule is CCOC(=O)N1CCCCC1CC=O. The molecule has 1 aliphatic heterocycles. The third-order valence-corrected chi connectivity index (χ3v) is 2.50. The van der Waals surface area contributed by atoms with Gasteiger partial charge in [0, 0.05) is 19.0 Å². The second kappa shape index (κ2) is 5.62. The lowest BCUT2D eigenvalue weighted by molar-refractivity contribution is -0.109. The molecule has 1 heterocycles. The number of likely N-dealkylation sites (tertiary alicyclic amines) is 1. The predicted molar refractivity (Wildman–Crippen MR) is 52.0 cm³/mol. The van der Waals surface area contributed by atoms with E-state index in [1.54, 1.807) is 11.8 Å². The number of rotatable bonds is 3. The van der Waals surface area contributed by atoms with Crippen molar-refractivity contribution in [2.75, 3.05) is 13.2 Å². The number of nitrogens with zero attached hydrogens (tertiary/aromatic N) is 1. The average molecular weight is 199 g/mol. The van der Waals surface area contributed by atoms with E-state index in [4.69, 9.17) is 4.74 Å². The Kier molecular flexibility index (Phi) is 4.43. The lowest BCUT2D eigenvalue weighted by atomic mass is 10.0. The van der Waals surface area contributed by atoms with Gasteiger partial charge in [-0.15, -0.1) is 0 Å². The normalized spacial score (nSPS) is 21.8. The van der Waals surface area contributed by atoms with E-state index in [1.807, 2.05) is 0 Å². The van der Waals surface area contributed by atoms with Crippen LogP contribution in [0, 0.1) is 0 Å². The van der Waals surface area contributed by atoms with Crippen LogP contribution >= 0.6 is 0 Å². The van der Waals surface area contributed by atoms with Gasteiger partial charge in [-0.2, -0.15) is 0 Å². The molecule has 1 unspecified atom stereocenters. The van der Waals surface area contributed by atoms with Crippen molar-refractivity contribution in [1.82, 2.24) is 4.90 Å². The molecule has 0 radical (unpaired) electrons. The highest BCUT2D eigenvalue weighted by Gasteiger charge is 2.26. The number of aldehydes is 1. The number of amides is 1. The molecule has 14 heavy (non-hydrogen) atoms. The van der Waals surface area contributed by atoms with E-state index in [0.717, 1.165) is 32.1 Å². The molecule has 1 atom stereocenters. The van der Waals surface area contributed by atoms with E-state index in [-0.39, 0.29) is 12.1 Å².